The number of benzene rings is 1. The summed E-state index contributed by atoms with van der Waals surface area (Å²) in [6.07, 6.45) is 1.99. The lowest BCUT2D eigenvalue weighted by Gasteiger charge is -2.22. The maximum atomic E-state index is 9.15. The highest BCUT2D eigenvalue weighted by Gasteiger charge is 2.42. The molecule has 0 bridgehead atoms. The number of rotatable bonds is 8. The van der Waals surface area contributed by atoms with E-state index >= 15 is 0 Å². The maximum absolute atomic E-state index is 9.15. The van der Waals surface area contributed by atoms with Gasteiger partial charge in [0, 0.05) is 19.4 Å². The molecule has 1 aliphatic rings. The minimum absolute atomic E-state index is 0.0224. The van der Waals surface area contributed by atoms with Gasteiger partial charge >= 0.3 is 0 Å². The molecule has 0 amide bonds. The zero-order chi connectivity index (χ0) is 18.1. The molecular formula is C21H30O4. The number of hydrogen-bond donors (Lipinski definition) is 1. The molecule has 1 saturated heterocycles. The monoisotopic (exact) mass is 346 g/mol. The zero-order valence-corrected chi connectivity index (χ0v) is 15.5. The van der Waals surface area contributed by atoms with Crippen LogP contribution < -0.4 is 0 Å². The Morgan fingerprint density at radius 2 is 1.96 bits per heavy atom. The molecule has 0 aliphatic carbocycles. The molecule has 4 nitrogen and oxygen atoms in total. The van der Waals surface area contributed by atoms with Crippen LogP contribution >= 0.6 is 0 Å². The molecule has 138 valence electrons. The van der Waals surface area contributed by atoms with E-state index in [1.54, 1.807) is 0 Å². The summed E-state index contributed by atoms with van der Waals surface area (Å²) in [6.45, 7) is 7.35. The summed E-state index contributed by atoms with van der Waals surface area (Å²) in [4.78, 5) is 0. The minimum Gasteiger partial charge on any atom is -0.396 e. The molecule has 0 aromatic heterocycles. The molecule has 1 aromatic carbocycles. The average Bonchev–Trinajstić information content (AvgIpc) is 2.90. The molecule has 0 radical (unpaired) electrons. The van der Waals surface area contributed by atoms with Gasteiger partial charge in [-0.05, 0) is 31.7 Å². The summed E-state index contributed by atoms with van der Waals surface area (Å²) in [5.41, 5.74) is 1.18. The van der Waals surface area contributed by atoms with Gasteiger partial charge in [-0.25, -0.2) is 0 Å². The van der Waals surface area contributed by atoms with Crippen LogP contribution in [0.5, 0.6) is 0 Å². The van der Waals surface area contributed by atoms with Crippen LogP contribution in [0.1, 0.15) is 45.6 Å². The molecule has 3 atom stereocenters. The second-order valence-electron chi connectivity index (χ2n) is 6.97. The van der Waals surface area contributed by atoms with Crippen LogP contribution in [0.2, 0.25) is 0 Å². The second-order valence-corrected chi connectivity index (χ2v) is 6.97. The van der Waals surface area contributed by atoms with Crippen molar-refractivity contribution in [3.63, 3.8) is 0 Å². The van der Waals surface area contributed by atoms with E-state index in [2.05, 4.69) is 30.9 Å². The fraction of sp³-hybridized carbons (Fsp3) is 0.619. The predicted molar refractivity (Wildman–Crippen MR) is 97.8 cm³/mol. The number of aliphatic hydroxyl groups excluding tert-OH is 1. The summed E-state index contributed by atoms with van der Waals surface area (Å²) in [7, 11) is 0. The number of hydrogen-bond acceptors (Lipinski definition) is 4. The van der Waals surface area contributed by atoms with Gasteiger partial charge in [0.05, 0.1) is 25.4 Å². The zero-order valence-electron chi connectivity index (χ0n) is 15.5. The largest absolute Gasteiger partial charge is 0.396 e. The third kappa shape index (κ3) is 6.80. The lowest BCUT2D eigenvalue weighted by molar-refractivity contribution is -0.150. The van der Waals surface area contributed by atoms with Gasteiger partial charge in [-0.1, -0.05) is 37.3 Å². The molecule has 1 aliphatic heterocycles. The summed E-state index contributed by atoms with van der Waals surface area (Å²) in [5, 5.41) is 9.15. The van der Waals surface area contributed by atoms with Crippen LogP contribution in [0.25, 0.3) is 0 Å². The van der Waals surface area contributed by atoms with E-state index in [9.17, 15) is 0 Å². The van der Waals surface area contributed by atoms with Gasteiger partial charge in [0.25, 0.3) is 0 Å². The van der Waals surface area contributed by atoms with Crippen molar-refractivity contribution in [2.45, 2.75) is 64.6 Å². The van der Waals surface area contributed by atoms with Crippen molar-refractivity contribution in [2.24, 2.45) is 5.92 Å². The molecule has 0 saturated carbocycles. The topological polar surface area (TPSA) is 47.9 Å². The molecule has 0 spiro atoms. The summed E-state index contributed by atoms with van der Waals surface area (Å²) < 4.78 is 17.6. The predicted octanol–water partition coefficient (Wildman–Crippen LogP) is 3.53. The Hall–Kier alpha value is -1.38. The van der Waals surface area contributed by atoms with Crippen LogP contribution in [0.3, 0.4) is 0 Å². The second kappa shape index (κ2) is 9.94. The standard InChI is InChI=1S/C21H30O4/c1-17(13-14-22)20-19(24-21(2,3)25-20)12-8-5-9-15-23-16-18-10-6-4-7-11-18/h4,6-7,10-11,17,19-20,22H,9,12-16H2,1-3H3/t17-,19-,20-/m1/s1. The first kappa shape index (κ1) is 19.9. The lowest BCUT2D eigenvalue weighted by atomic mass is 9.95. The third-order valence-electron chi connectivity index (χ3n) is 4.28. The summed E-state index contributed by atoms with van der Waals surface area (Å²) in [6, 6.07) is 10.1. The van der Waals surface area contributed by atoms with Gasteiger partial charge in [0.1, 0.15) is 0 Å². The highest BCUT2D eigenvalue weighted by Crippen LogP contribution is 2.34. The van der Waals surface area contributed by atoms with Gasteiger partial charge in [0.15, 0.2) is 5.79 Å². The normalized spacial score (nSPS) is 23.0. The van der Waals surface area contributed by atoms with Crippen LogP contribution in [-0.4, -0.2) is 36.3 Å². The molecule has 1 fully saturated rings. The summed E-state index contributed by atoms with van der Waals surface area (Å²) >= 11 is 0. The van der Waals surface area contributed by atoms with Crippen molar-refractivity contribution in [1.29, 1.82) is 0 Å². The van der Waals surface area contributed by atoms with Crippen LogP contribution in [0.4, 0.5) is 0 Å². The van der Waals surface area contributed by atoms with E-state index in [4.69, 9.17) is 19.3 Å². The fourth-order valence-electron chi connectivity index (χ4n) is 3.02. The molecule has 1 aromatic rings. The number of aliphatic hydroxyl groups is 1. The maximum Gasteiger partial charge on any atom is 0.163 e. The van der Waals surface area contributed by atoms with Gasteiger partial charge < -0.3 is 19.3 Å². The van der Waals surface area contributed by atoms with Crippen LogP contribution in [-0.2, 0) is 20.8 Å². The van der Waals surface area contributed by atoms with Crippen molar-refractivity contribution in [1.82, 2.24) is 0 Å². The molecule has 1 heterocycles. The SMILES string of the molecule is C[C@H](CCO)[C@H]1OC(C)(C)O[C@@H]1CC#CCCOCc1ccccc1. The third-order valence-corrected chi connectivity index (χ3v) is 4.28. The molecule has 0 unspecified atom stereocenters. The Morgan fingerprint density at radius 3 is 2.68 bits per heavy atom. The van der Waals surface area contributed by atoms with Crippen LogP contribution in [0, 0.1) is 17.8 Å². The highest BCUT2D eigenvalue weighted by atomic mass is 16.8. The lowest BCUT2D eigenvalue weighted by Crippen LogP contribution is -2.30. The molecule has 2 rings (SSSR count). The minimum atomic E-state index is -0.584. The van der Waals surface area contributed by atoms with Crippen molar-refractivity contribution < 1.29 is 19.3 Å². The van der Waals surface area contributed by atoms with E-state index in [-0.39, 0.29) is 24.7 Å². The Balaban J connectivity index is 1.71. The Labute approximate surface area is 151 Å². The van der Waals surface area contributed by atoms with Crippen molar-refractivity contribution in [3.05, 3.63) is 35.9 Å². The first-order valence-corrected chi connectivity index (χ1v) is 9.06. The van der Waals surface area contributed by atoms with Crippen molar-refractivity contribution >= 4 is 0 Å². The van der Waals surface area contributed by atoms with E-state index in [0.29, 0.717) is 32.5 Å². The van der Waals surface area contributed by atoms with Gasteiger partial charge in [-0.15, -0.1) is 11.8 Å². The van der Waals surface area contributed by atoms with Crippen LogP contribution in [0.15, 0.2) is 30.3 Å². The highest BCUT2D eigenvalue weighted by molar-refractivity contribution is 5.13. The first-order valence-electron chi connectivity index (χ1n) is 9.06. The summed E-state index contributed by atoms with van der Waals surface area (Å²) in [5.74, 6) is 6.01. The molecule has 25 heavy (non-hydrogen) atoms. The average molecular weight is 346 g/mol. The van der Waals surface area contributed by atoms with E-state index < -0.39 is 5.79 Å². The van der Waals surface area contributed by atoms with Gasteiger partial charge in [0.2, 0.25) is 0 Å². The molecule has 1 N–H and O–H groups in total. The number of ether oxygens (including phenoxy) is 3. The Morgan fingerprint density at radius 1 is 1.20 bits per heavy atom. The first-order chi connectivity index (χ1) is 12.0. The van der Waals surface area contributed by atoms with Gasteiger partial charge in [-0.3, -0.25) is 0 Å². The van der Waals surface area contributed by atoms with Crippen molar-refractivity contribution in [3.8, 4) is 11.8 Å². The molecular weight excluding hydrogens is 316 g/mol. The molecule has 4 heteroatoms. The quantitative estimate of drug-likeness (QED) is 0.578. The Bertz CT molecular complexity index is 558. The van der Waals surface area contributed by atoms with Gasteiger partial charge in [-0.2, -0.15) is 0 Å². The smallest absolute Gasteiger partial charge is 0.163 e. The Kier molecular flexibility index (Phi) is 7.92. The van der Waals surface area contributed by atoms with E-state index in [1.807, 2.05) is 32.0 Å². The van der Waals surface area contributed by atoms with Crippen molar-refractivity contribution in [2.75, 3.05) is 13.2 Å². The van der Waals surface area contributed by atoms with E-state index in [0.717, 1.165) is 0 Å². The van der Waals surface area contributed by atoms with E-state index in [1.165, 1.54) is 5.56 Å². The fourth-order valence-corrected chi connectivity index (χ4v) is 3.02.